The minimum atomic E-state index is -3.53. The van der Waals surface area contributed by atoms with Gasteiger partial charge in [-0.3, -0.25) is 4.79 Å². The zero-order chi connectivity index (χ0) is 17.3. The maximum atomic E-state index is 12.6. The maximum absolute atomic E-state index is 12.6. The monoisotopic (exact) mass is 496 g/mol. The molecule has 1 aliphatic rings. The van der Waals surface area contributed by atoms with Gasteiger partial charge in [-0.25, -0.2) is 8.42 Å². The molecule has 2 heterocycles. The van der Waals surface area contributed by atoms with Crippen molar-refractivity contribution in [1.29, 1.82) is 0 Å². The van der Waals surface area contributed by atoms with E-state index in [9.17, 15) is 13.2 Å². The highest BCUT2D eigenvalue weighted by Crippen LogP contribution is 2.28. The summed E-state index contributed by atoms with van der Waals surface area (Å²) in [6, 6.07) is 10.5. The Bertz CT molecular complexity index is 861. The largest absolute Gasteiger partial charge is 0.336 e. The van der Waals surface area contributed by atoms with Crippen LogP contribution in [-0.2, 0) is 10.0 Å². The van der Waals surface area contributed by atoms with Gasteiger partial charge in [0.1, 0.15) is 4.21 Å². The number of rotatable bonds is 3. The predicted octanol–water partition coefficient (Wildman–Crippen LogP) is 3.15. The second kappa shape index (κ2) is 7.28. The molecule has 0 N–H and O–H groups in total. The quantitative estimate of drug-likeness (QED) is 0.614. The average Bonchev–Trinajstić information content (AvgIpc) is 3.01. The number of halogens is 2. The lowest BCUT2D eigenvalue weighted by Gasteiger charge is -2.33. The third-order valence-electron chi connectivity index (χ3n) is 3.74. The van der Waals surface area contributed by atoms with E-state index in [2.05, 4.69) is 22.6 Å². The summed E-state index contributed by atoms with van der Waals surface area (Å²) in [6.07, 6.45) is 0. The molecule has 0 unspecified atom stereocenters. The SMILES string of the molecule is O=C(c1cccc(I)c1)N1CCN(S(=O)(=O)c2ccc(Cl)s2)CC1. The number of carbonyl (C=O) groups is 1. The summed E-state index contributed by atoms with van der Waals surface area (Å²) in [5.41, 5.74) is 0.628. The Morgan fingerprint density at radius 2 is 1.83 bits per heavy atom. The summed E-state index contributed by atoms with van der Waals surface area (Å²) in [4.78, 5) is 14.2. The summed E-state index contributed by atoms with van der Waals surface area (Å²) in [5, 5.41) is 0. The third-order valence-corrected chi connectivity index (χ3v) is 8.01. The first-order chi connectivity index (χ1) is 11.4. The summed E-state index contributed by atoms with van der Waals surface area (Å²) in [6.45, 7) is 1.33. The molecule has 2 aromatic rings. The van der Waals surface area contributed by atoms with Gasteiger partial charge in [0.2, 0.25) is 0 Å². The molecule has 5 nitrogen and oxygen atoms in total. The Hall–Kier alpha value is -0.680. The lowest BCUT2D eigenvalue weighted by molar-refractivity contribution is 0.0698. The van der Waals surface area contributed by atoms with Gasteiger partial charge < -0.3 is 4.90 Å². The molecule has 0 bridgehead atoms. The molecule has 1 aromatic carbocycles. The summed E-state index contributed by atoms with van der Waals surface area (Å²) in [5.74, 6) is -0.0651. The van der Waals surface area contributed by atoms with E-state index in [0.717, 1.165) is 14.9 Å². The van der Waals surface area contributed by atoms with Crippen molar-refractivity contribution in [3.63, 3.8) is 0 Å². The number of hydrogen-bond acceptors (Lipinski definition) is 4. The van der Waals surface area contributed by atoms with Crippen LogP contribution >= 0.6 is 45.5 Å². The van der Waals surface area contributed by atoms with Crippen LogP contribution in [0.5, 0.6) is 0 Å². The summed E-state index contributed by atoms with van der Waals surface area (Å²) in [7, 11) is -3.53. The van der Waals surface area contributed by atoms with Gasteiger partial charge in [-0.15, -0.1) is 11.3 Å². The third kappa shape index (κ3) is 3.77. The van der Waals surface area contributed by atoms with Crippen molar-refractivity contribution >= 4 is 61.5 Å². The molecule has 1 fully saturated rings. The van der Waals surface area contributed by atoms with Crippen molar-refractivity contribution in [3.05, 3.63) is 49.9 Å². The highest BCUT2D eigenvalue weighted by molar-refractivity contribution is 14.1. The van der Waals surface area contributed by atoms with Crippen LogP contribution < -0.4 is 0 Å². The Kier molecular flexibility index (Phi) is 5.50. The molecular weight excluding hydrogens is 483 g/mol. The molecule has 1 amide bonds. The number of carbonyl (C=O) groups excluding carboxylic acids is 1. The number of piperazine rings is 1. The molecule has 0 radical (unpaired) electrons. The molecule has 1 aromatic heterocycles. The predicted molar refractivity (Wildman–Crippen MR) is 103 cm³/mol. The van der Waals surface area contributed by atoms with Crippen molar-refractivity contribution in [2.45, 2.75) is 4.21 Å². The van der Waals surface area contributed by atoms with Gasteiger partial charge in [-0.2, -0.15) is 4.31 Å². The normalized spacial score (nSPS) is 16.3. The highest BCUT2D eigenvalue weighted by atomic mass is 127. The van der Waals surface area contributed by atoms with Gasteiger partial charge in [0.15, 0.2) is 0 Å². The van der Waals surface area contributed by atoms with Crippen LogP contribution in [0, 0.1) is 3.57 Å². The number of hydrogen-bond donors (Lipinski definition) is 0. The van der Waals surface area contributed by atoms with Crippen LogP contribution in [0.25, 0.3) is 0 Å². The molecule has 128 valence electrons. The van der Waals surface area contributed by atoms with E-state index in [1.54, 1.807) is 17.0 Å². The summed E-state index contributed by atoms with van der Waals surface area (Å²) >= 11 is 9.04. The van der Waals surface area contributed by atoms with Gasteiger partial charge in [0.05, 0.1) is 4.34 Å². The highest BCUT2D eigenvalue weighted by Gasteiger charge is 2.31. The van der Waals surface area contributed by atoms with E-state index in [-0.39, 0.29) is 23.2 Å². The lowest BCUT2D eigenvalue weighted by Crippen LogP contribution is -2.50. The van der Waals surface area contributed by atoms with Crippen LogP contribution in [0.15, 0.2) is 40.6 Å². The van der Waals surface area contributed by atoms with Crippen molar-refractivity contribution in [1.82, 2.24) is 9.21 Å². The first kappa shape index (κ1) is 18.1. The van der Waals surface area contributed by atoms with E-state index in [1.807, 2.05) is 18.2 Å². The van der Waals surface area contributed by atoms with E-state index in [1.165, 1.54) is 10.4 Å². The van der Waals surface area contributed by atoms with Gasteiger partial charge in [0.25, 0.3) is 15.9 Å². The second-order valence-corrected chi connectivity index (χ2v) is 10.4. The molecule has 0 spiro atoms. The van der Waals surface area contributed by atoms with Gasteiger partial charge >= 0.3 is 0 Å². The molecule has 1 saturated heterocycles. The van der Waals surface area contributed by atoms with Gasteiger partial charge in [-0.05, 0) is 52.9 Å². The number of sulfonamides is 1. The molecule has 1 aliphatic heterocycles. The number of nitrogens with zero attached hydrogens (tertiary/aromatic N) is 2. The minimum Gasteiger partial charge on any atom is -0.336 e. The van der Waals surface area contributed by atoms with Crippen LogP contribution in [-0.4, -0.2) is 49.7 Å². The fourth-order valence-electron chi connectivity index (χ4n) is 2.50. The van der Waals surface area contributed by atoms with Crippen molar-refractivity contribution < 1.29 is 13.2 Å². The number of benzene rings is 1. The molecule has 24 heavy (non-hydrogen) atoms. The van der Waals surface area contributed by atoms with E-state index in [0.29, 0.717) is 23.0 Å². The Morgan fingerprint density at radius 1 is 1.12 bits per heavy atom. The molecular formula is C15H14ClIN2O3S2. The molecule has 0 saturated carbocycles. The minimum absolute atomic E-state index is 0.0651. The van der Waals surface area contributed by atoms with Crippen LogP contribution in [0.4, 0.5) is 0 Å². The summed E-state index contributed by atoms with van der Waals surface area (Å²) < 4.78 is 28.2. The lowest BCUT2D eigenvalue weighted by atomic mass is 10.2. The number of thiophene rings is 1. The Balaban J connectivity index is 1.68. The smallest absolute Gasteiger partial charge is 0.253 e. The van der Waals surface area contributed by atoms with Crippen molar-refractivity contribution in [2.75, 3.05) is 26.2 Å². The second-order valence-electron chi connectivity index (χ2n) is 5.27. The van der Waals surface area contributed by atoms with Crippen molar-refractivity contribution in [2.24, 2.45) is 0 Å². The van der Waals surface area contributed by atoms with Gasteiger partial charge in [0, 0.05) is 35.3 Å². The Morgan fingerprint density at radius 3 is 2.42 bits per heavy atom. The first-order valence-electron chi connectivity index (χ1n) is 7.18. The fraction of sp³-hybridized carbons (Fsp3) is 0.267. The molecule has 3 rings (SSSR count). The van der Waals surface area contributed by atoms with Crippen LogP contribution in [0.3, 0.4) is 0 Å². The maximum Gasteiger partial charge on any atom is 0.253 e. The molecule has 0 atom stereocenters. The fourth-order valence-corrected chi connectivity index (χ4v) is 6.10. The Labute approximate surface area is 163 Å². The average molecular weight is 497 g/mol. The van der Waals surface area contributed by atoms with Crippen molar-refractivity contribution in [3.8, 4) is 0 Å². The zero-order valence-corrected chi connectivity index (χ0v) is 17.0. The van der Waals surface area contributed by atoms with Crippen LogP contribution in [0.2, 0.25) is 4.34 Å². The zero-order valence-electron chi connectivity index (χ0n) is 12.5. The van der Waals surface area contributed by atoms with Gasteiger partial charge in [-0.1, -0.05) is 17.7 Å². The van der Waals surface area contributed by atoms with E-state index < -0.39 is 10.0 Å². The van der Waals surface area contributed by atoms with Crippen LogP contribution in [0.1, 0.15) is 10.4 Å². The first-order valence-corrected chi connectivity index (χ1v) is 10.9. The van der Waals surface area contributed by atoms with E-state index in [4.69, 9.17) is 11.6 Å². The topological polar surface area (TPSA) is 57.7 Å². The number of amides is 1. The van der Waals surface area contributed by atoms with E-state index >= 15 is 0 Å². The molecule has 0 aliphatic carbocycles. The standard InChI is InChI=1S/C15H14ClIN2O3S2/c16-13-4-5-14(23-13)24(21,22)19-8-6-18(7-9-19)15(20)11-2-1-3-12(17)10-11/h1-5,10H,6-9H2. The molecule has 9 heteroatoms.